The second-order valence-electron chi connectivity index (χ2n) is 10.2. The van der Waals surface area contributed by atoms with Crippen LogP contribution in [-0.4, -0.2) is 44.8 Å². The first-order valence-electron chi connectivity index (χ1n) is 12.4. The standard InChI is InChI=1S/C27H28ClFN2O5/c28-21-15-23-18(14-22(21)29)13-19-7-4-12-27(19,30(20-8-9-20)24(32)10-11-25(33)34)31(23,26(35)36)16-17-5-2-1-3-6-17/h1-3,5-6,14-15,19-20H,4,7-13,16H2,(H-,33,34,35,36)/p+1/t19-,27-,31+/m1/s1. The highest BCUT2D eigenvalue weighted by Crippen LogP contribution is 2.59. The summed E-state index contributed by atoms with van der Waals surface area (Å²) in [6.07, 6.45) is 2.15. The lowest BCUT2D eigenvalue weighted by Gasteiger charge is -2.57. The van der Waals surface area contributed by atoms with Crippen molar-refractivity contribution >= 4 is 35.3 Å². The molecule has 2 aromatic carbocycles. The minimum Gasteiger partial charge on any atom is -0.481 e. The Hall–Kier alpha value is -2.97. The number of rotatable bonds is 7. The Kier molecular flexibility index (Phi) is 6.29. The Morgan fingerprint density at radius 1 is 1.08 bits per heavy atom. The number of carboxylic acid groups (broad SMARTS) is 2. The van der Waals surface area contributed by atoms with E-state index in [0.29, 0.717) is 36.9 Å². The molecule has 3 aliphatic rings. The summed E-state index contributed by atoms with van der Waals surface area (Å²) in [6.45, 7) is 0.0526. The number of carbonyl (C=O) groups is 3. The summed E-state index contributed by atoms with van der Waals surface area (Å²) in [5.74, 6) is -2.22. The zero-order valence-electron chi connectivity index (χ0n) is 19.8. The summed E-state index contributed by atoms with van der Waals surface area (Å²) >= 11 is 6.25. The van der Waals surface area contributed by atoms with Crippen LogP contribution >= 0.6 is 11.6 Å². The molecule has 2 N–H and O–H groups in total. The van der Waals surface area contributed by atoms with E-state index in [2.05, 4.69) is 0 Å². The lowest BCUT2D eigenvalue weighted by molar-refractivity contribution is -0.155. The van der Waals surface area contributed by atoms with E-state index in [-0.39, 0.29) is 42.3 Å². The van der Waals surface area contributed by atoms with Crippen molar-refractivity contribution in [2.75, 3.05) is 0 Å². The minimum atomic E-state index is -1.13. The third kappa shape index (κ3) is 3.78. The SMILES string of the molecule is O=C(O)CCC(=O)N(C1CC1)[C@@]12CCC[C@@H]1Cc1cc(F)c(Cl)cc1[N@@+]2(Cc1ccccc1)C(=O)O. The Labute approximate surface area is 213 Å². The van der Waals surface area contributed by atoms with Crippen LogP contribution in [-0.2, 0) is 22.6 Å². The Bertz CT molecular complexity index is 1220. The third-order valence-electron chi connectivity index (χ3n) is 8.15. The van der Waals surface area contributed by atoms with Gasteiger partial charge in [0, 0.05) is 42.0 Å². The average Bonchev–Trinajstić information content (AvgIpc) is 3.58. The molecule has 0 saturated heterocycles. The van der Waals surface area contributed by atoms with Crippen molar-refractivity contribution in [2.24, 2.45) is 5.92 Å². The normalized spacial score (nSPS) is 26.7. The minimum absolute atomic E-state index is 0.0526. The summed E-state index contributed by atoms with van der Waals surface area (Å²) < 4.78 is 14.0. The number of carboxylic acids is 1. The number of nitrogens with zero attached hydrogens (tertiary/aromatic N) is 2. The van der Waals surface area contributed by atoms with Crippen LogP contribution in [0.5, 0.6) is 0 Å². The predicted molar refractivity (Wildman–Crippen MR) is 132 cm³/mol. The van der Waals surface area contributed by atoms with Gasteiger partial charge in [-0.2, -0.15) is 9.28 Å². The molecule has 3 atom stereocenters. The van der Waals surface area contributed by atoms with Crippen LogP contribution < -0.4 is 4.48 Å². The second kappa shape index (κ2) is 9.16. The first kappa shape index (κ1) is 24.7. The van der Waals surface area contributed by atoms with Crippen LogP contribution in [0.3, 0.4) is 0 Å². The summed E-state index contributed by atoms with van der Waals surface area (Å²) in [6, 6.07) is 11.9. The molecule has 36 heavy (non-hydrogen) atoms. The summed E-state index contributed by atoms with van der Waals surface area (Å²) in [7, 11) is 0. The van der Waals surface area contributed by atoms with Gasteiger partial charge >= 0.3 is 12.1 Å². The molecule has 190 valence electrons. The van der Waals surface area contributed by atoms with Gasteiger partial charge < -0.3 is 10.2 Å². The van der Waals surface area contributed by atoms with Crippen LogP contribution in [0.25, 0.3) is 0 Å². The maximum absolute atomic E-state index is 14.6. The van der Waals surface area contributed by atoms with Gasteiger partial charge in [0.05, 0.1) is 11.4 Å². The highest BCUT2D eigenvalue weighted by molar-refractivity contribution is 6.31. The molecule has 7 nitrogen and oxygen atoms in total. The predicted octanol–water partition coefficient (Wildman–Crippen LogP) is 5.57. The second-order valence-corrected chi connectivity index (χ2v) is 10.6. The van der Waals surface area contributed by atoms with E-state index < -0.39 is 28.0 Å². The molecule has 0 bridgehead atoms. The van der Waals surface area contributed by atoms with Crippen molar-refractivity contribution in [3.8, 4) is 0 Å². The monoisotopic (exact) mass is 515 g/mol. The summed E-state index contributed by atoms with van der Waals surface area (Å²) in [5, 5.41) is 20.2. The van der Waals surface area contributed by atoms with Gasteiger partial charge in [0.2, 0.25) is 5.91 Å². The highest BCUT2D eigenvalue weighted by atomic mass is 35.5. The number of hydrogen-bond acceptors (Lipinski definition) is 3. The Morgan fingerprint density at radius 3 is 2.44 bits per heavy atom. The van der Waals surface area contributed by atoms with Gasteiger partial charge in [0.15, 0.2) is 11.4 Å². The molecular formula is C27H29ClFN2O5+. The Balaban J connectivity index is 1.78. The van der Waals surface area contributed by atoms with Gasteiger partial charge in [0.1, 0.15) is 12.4 Å². The van der Waals surface area contributed by atoms with Crippen LogP contribution in [0.1, 0.15) is 56.1 Å². The molecule has 2 amide bonds. The molecule has 1 heterocycles. The number of carbonyl (C=O) groups excluding carboxylic acids is 1. The summed E-state index contributed by atoms with van der Waals surface area (Å²) in [4.78, 5) is 40.4. The van der Waals surface area contributed by atoms with Gasteiger partial charge in [-0.1, -0.05) is 41.9 Å². The van der Waals surface area contributed by atoms with E-state index in [1.807, 2.05) is 30.3 Å². The van der Waals surface area contributed by atoms with E-state index >= 15 is 0 Å². The number of amides is 2. The van der Waals surface area contributed by atoms with Crippen molar-refractivity contribution in [1.29, 1.82) is 0 Å². The fourth-order valence-corrected chi connectivity index (χ4v) is 6.86. The molecule has 2 aromatic rings. The maximum atomic E-state index is 14.6. The smallest absolute Gasteiger partial charge is 0.481 e. The lowest BCUT2D eigenvalue weighted by Crippen LogP contribution is -2.79. The van der Waals surface area contributed by atoms with E-state index in [1.54, 1.807) is 4.90 Å². The van der Waals surface area contributed by atoms with Gasteiger partial charge in [0.25, 0.3) is 0 Å². The zero-order chi connectivity index (χ0) is 25.7. The zero-order valence-corrected chi connectivity index (χ0v) is 20.6. The molecule has 0 aromatic heterocycles. The molecule has 5 rings (SSSR count). The summed E-state index contributed by atoms with van der Waals surface area (Å²) in [5.41, 5.74) is 0.623. The fraction of sp³-hybridized carbons (Fsp3) is 0.444. The van der Waals surface area contributed by atoms with Gasteiger partial charge in [-0.05, 0) is 38.2 Å². The third-order valence-corrected chi connectivity index (χ3v) is 8.44. The van der Waals surface area contributed by atoms with Crippen molar-refractivity contribution in [1.82, 2.24) is 9.38 Å². The van der Waals surface area contributed by atoms with Gasteiger partial charge in [-0.25, -0.2) is 4.39 Å². The molecule has 0 spiro atoms. The average molecular weight is 516 g/mol. The quantitative estimate of drug-likeness (QED) is 0.470. The maximum Gasteiger partial charge on any atom is 0.521 e. The lowest BCUT2D eigenvalue weighted by atomic mass is 9.78. The molecule has 0 unspecified atom stereocenters. The fourth-order valence-electron chi connectivity index (χ4n) is 6.70. The molecule has 1 aliphatic heterocycles. The van der Waals surface area contributed by atoms with Crippen molar-refractivity contribution in [3.63, 3.8) is 0 Å². The van der Waals surface area contributed by atoms with E-state index in [9.17, 15) is 29.0 Å². The number of fused-ring (bicyclic) bond motifs is 2. The molecule has 2 saturated carbocycles. The van der Waals surface area contributed by atoms with Crippen molar-refractivity contribution in [2.45, 2.75) is 69.6 Å². The van der Waals surface area contributed by atoms with Crippen molar-refractivity contribution in [3.05, 3.63) is 64.4 Å². The topological polar surface area (TPSA) is 94.9 Å². The van der Waals surface area contributed by atoms with Gasteiger partial charge in [-0.15, -0.1) is 0 Å². The molecule has 9 heteroatoms. The first-order valence-corrected chi connectivity index (χ1v) is 12.8. The molecular weight excluding hydrogens is 487 g/mol. The molecule has 0 radical (unpaired) electrons. The van der Waals surface area contributed by atoms with Crippen LogP contribution in [0.4, 0.5) is 14.9 Å². The number of aliphatic carboxylic acids is 1. The number of halogens is 2. The van der Waals surface area contributed by atoms with Gasteiger partial charge in [-0.3, -0.25) is 14.5 Å². The van der Waals surface area contributed by atoms with Crippen LogP contribution in [0.2, 0.25) is 5.02 Å². The number of benzene rings is 2. The van der Waals surface area contributed by atoms with Crippen LogP contribution in [0.15, 0.2) is 42.5 Å². The Morgan fingerprint density at radius 2 is 1.81 bits per heavy atom. The molecule has 2 fully saturated rings. The molecule has 2 aliphatic carbocycles. The number of quaternary nitrogens is 1. The van der Waals surface area contributed by atoms with E-state index in [1.165, 1.54) is 12.1 Å². The largest absolute Gasteiger partial charge is 0.521 e. The number of hydrogen-bond donors (Lipinski definition) is 2. The van der Waals surface area contributed by atoms with E-state index in [4.69, 9.17) is 11.6 Å². The first-order chi connectivity index (χ1) is 17.2. The van der Waals surface area contributed by atoms with E-state index in [0.717, 1.165) is 18.4 Å². The highest BCUT2D eigenvalue weighted by Gasteiger charge is 2.71. The van der Waals surface area contributed by atoms with Crippen molar-refractivity contribution < 1.29 is 29.0 Å². The van der Waals surface area contributed by atoms with Crippen LogP contribution in [0, 0.1) is 11.7 Å².